The number of nitrogens with one attached hydrogen (secondary N) is 1. The highest BCUT2D eigenvalue weighted by Crippen LogP contribution is 2.30. The normalized spacial score (nSPS) is 23.9. The molecule has 8 heteroatoms. The van der Waals surface area contributed by atoms with Crippen molar-refractivity contribution in [2.45, 2.75) is 37.7 Å². The maximum absolute atomic E-state index is 12.6. The molecule has 128 valence electrons. The summed E-state index contributed by atoms with van der Waals surface area (Å²) >= 11 is 0. The topological polar surface area (TPSA) is 41.6 Å². The van der Waals surface area contributed by atoms with Crippen molar-refractivity contribution in [1.29, 1.82) is 0 Å². The first-order chi connectivity index (χ1) is 10.4. The van der Waals surface area contributed by atoms with Gasteiger partial charge in [0, 0.05) is 24.2 Å². The lowest BCUT2D eigenvalue weighted by molar-refractivity contribution is -0.274. The molecule has 1 aromatic rings. The summed E-state index contributed by atoms with van der Waals surface area (Å²) in [6.07, 6.45) is -1.84. The number of hydrogen-bond donors (Lipinski definition) is 1. The zero-order chi connectivity index (χ0) is 15.7. The maximum atomic E-state index is 12.6. The summed E-state index contributed by atoms with van der Waals surface area (Å²) in [5.41, 5.74) is 0.397. The highest BCUT2D eigenvalue weighted by atomic mass is 35.5. The number of fused-ring (bicyclic) bond motifs is 2. The zero-order valence-corrected chi connectivity index (χ0v) is 13.1. The van der Waals surface area contributed by atoms with Crippen molar-refractivity contribution in [3.8, 4) is 5.75 Å². The van der Waals surface area contributed by atoms with Crippen LogP contribution in [-0.4, -0.2) is 42.3 Å². The quantitative estimate of drug-likeness (QED) is 0.891. The fourth-order valence-electron chi connectivity index (χ4n) is 3.26. The minimum atomic E-state index is -4.72. The summed E-state index contributed by atoms with van der Waals surface area (Å²) in [7, 11) is 0. The van der Waals surface area contributed by atoms with Gasteiger partial charge in [-0.2, -0.15) is 0 Å². The van der Waals surface area contributed by atoms with Gasteiger partial charge in [-0.1, -0.05) is 0 Å². The van der Waals surface area contributed by atoms with E-state index in [4.69, 9.17) is 0 Å². The van der Waals surface area contributed by atoms with Crippen LogP contribution >= 0.6 is 12.4 Å². The van der Waals surface area contributed by atoms with Crippen LogP contribution < -0.4 is 10.1 Å². The van der Waals surface area contributed by atoms with Crippen molar-refractivity contribution in [3.63, 3.8) is 0 Å². The van der Waals surface area contributed by atoms with E-state index in [-0.39, 0.29) is 36.1 Å². The largest absolute Gasteiger partial charge is 0.573 e. The van der Waals surface area contributed by atoms with Crippen molar-refractivity contribution in [2.24, 2.45) is 0 Å². The molecular weight excluding hydrogens is 333 g/mol. The number of halogens is 4. The highest BCUT2D eigenvalue weighted by molar-refractivity contribution is 5.95. The number of ether oxygens (including phenoxy) is 1. The van der Waals surface area contributed by atoms with Crippen LogP contribution in [-0.2, 0) is 0 Å². The van der Waals surface area contributed by atoms with E-state index in [1.807, 2.05) is 4.90 Å². The molecule has 2 atom stereocenters. The highest BCUT2D eigenvalue weighted by Gasteiger charge is 2.38. The van der Waals surface area contributed by atoms with E-state index in [1.165, 1.54) is 24.3 Å². The van der Waals surface area contributed by atoms with E-state index in [9.17, 15) is 18.0 Å². The second-order valence-electron chi connectivity index (χ2n) is 5.66. The molecule has 2 aliphatic rings. The predicted octanol–water partition coefficient (Wildman–Crippen LogP) is 2.97. The van der Waals surface area contributed by atoms with Gasteiger partial charge in [-0.3, -0.25) is 4.79 Å². The molecule has 0 aromatic heterocycles. The first-order valence-corrected chi connectivity index (χ1v) is 7.33. The summed E-state index contributed by atoms with van der Waals surface area (Å²) in [5, 5.41) is 3.31. The summed E-state index contributed by atoms with van der Waals surface area (Å²) in [4.78, 5) is 14.5. The van der Waals surface area contributed by atoms with Crippen molar-refractivity contribution >= 4 is 18.3 Å². The molecule has 0 aliphatic carbocycles. The lowest BCUT2D eigenvalue weighted by Gasteiger charge is -2.28. The Labute approximate surface area is 138 Å². The smallest absolute Gasteiger partial charge is 0.406 e. The average molecular weight is 351 g/mol. The van der Waals surface area contributed by atoms with E-state index >= 15 is 0 Å². The molecule has 2 aliphatic heterocycles. The zero-order valence-electron chi connectivity index (χ0n) is 12.3. The van der Waals surface area contributed by atoms with Crippen LogP contribution in [0.2, 0.25) is 0 Å². The second kappa shape index (κ2) is 6.97. The number of carbonyl (C=O) groups is 1. The van der Waals surface area contributed by atoms with E-state index in [2.05, 4.69) is 10.1 Å². The Morgan fingerprint density at radius 3 is 2.43 bits per heavy atom. The van der Waals surface area contributed by atoms with Gasteiger partial charge in [0.15, 0.2) is 0 Å². The number of nitrogens with zero attached hydrogens (tertiary/aromatic N) is 1. The third kappa shape index (κ3) is 4.09. The van der Waals surface area contributed by atoms with Gasteiger partial charge < -0.3 is 15.0 Å². The van der Waals surface area contributed by atoms with Crippen molar-refractivity contribution in [3.05, 3.63) is 29.8 Å². The maximum Gasteiger partial charge on any atom is 0.573 e. The molecule has 1 N–H and O–H groups in total. The Morgan fingerprint density at radius 1 is 1.13 bits per heavy atom. The standard InChI is InChI=1S/C15H17F3N2O2.ClH/c16-15(17,18)22-13-5-1-10(2-6-13)14(21)20-11-3-4-12(20)9-19-8-7-11;/h1-2,5-6,11-12,19H,3-4,7-9H2;1H. The number of alkyl halides is 3. The Balaban J connectivity index is 0.00000192. The lowest BCUT2D eigenvalue weighted by Crippen LogP contribution is -2.42. The van der Waals surface area contributed by atoms with Gasteiger partial charge in [0.25, 0.3) is 5.91 Å². The molecule has 0 spiro atoms. The second-order valence-corrected chi connectivity index (χ2v) is 5.66. The minimum absolute atomic E-state index is 0. The van der Waals surface area contributed by atoms with E-state index < -0.39 is 6.36 Å². The van der Waals surface area contributed by atoms with Gasteiger partial charge in [-0.15, -0.1) is 25.6 Å². The molecule has 2 unspecified atom stereocenters. The van der Waals surface area contributed by atoms with Crippen LogP contribution in [0.25, 0.3) is 0 Å². The van der Waals surface area contributed by atoms with Gasteiger partial charge in [-0.05, 0) is 50.1 Å². The SMILES string of the molecule is Cl.O=C(c1ccc(OC(F)(F)F)cc1)N1C2CCNCC1CC2. The minimum Gasteiger partial charge on any atom is -0.406 e. The monoisotopic (exact) mass is 350 g/mol. The van der Waals surface area contributed by atoms with E-state index in [1.54, 1.807) is 0 Å². The number of amides is 1. The van der Waals surface area contributed by atoms with Crippen LogP contribution in [0.3, 0.4) is 0 Å². The molecule has 0 radical (unpaired) electrons. The molecule has 23 heavy (non-hydrogen) atoms. The first kappa shape index (κ1) is 17.9. The van der Waals surface area contributed by atoms with Gasteiger partial charge in [0.1, 0.15) is 5.75 Å². The lowest BCUT2D eigenvalue weighted by atomic mass is 10.1. The van der Waals surface area contributed by atoms with Crippen molar-refractivity contribution in [1.82, 2.24) is 10.2 Å². The van der Waals surface area contributed by atoms with Crippen molar-refractivity contribution in [2.75, 3.05) is 13.1 Å². The fourth-order valence-corrected chi connectivity index (χ4v) is 3.26. The molecule has 0 saturated carbocycles. The van der Waals surface area contributed by atoms with Gasteiger partial charge in [0.05, 0.1) is 0 Å². The Hall–Kier alpha value is -1.47. The molecule has 1 amide bonds. The number of rotatable bonds is 2. The molecule has 3 rings (SSSR count). The van der Waals surface area contributed by atoms with Crippen LogP contribution in [0, 0.1) is 0 Å². The molecule has 2 heterocycles. The van der Waals surface area contributed by atoms with Crippen LogP contribution in [0.4, 0.5) is 13.2 Å². The number of hydrogen-bond acceptors (Lipinski definition) is 3. The molecule has 2 fully saturated rings. The molecule has 2 saturated heterocycles. The fraction of sp³-hybridized carbons (Fsp3) is 0.533. The molecular formula is C15H18ClF3N2O2. The third-order valence-corrected chi connectivity index (χ3v) is 4.22. The van der Waals surface area contributed by atoms with Crippen LogP contribution in [0.1, 0.15) is 29.6 Å². The Kier molecular flexibility index (Phi) is 5.41. The Bertz CT molecular complexity index is 537. The van der Waals surface area contributed by atoms with E-state index in [0.717, 1.165) is 32.4 Å². The molecule has 4 nitrogen and oxygen atoms in total. The average Bonchev–Trinajstić information content (AvgIpc) is 2.70. The van der Waals surface area contributed by atoms with Crippen LogP contribution in [0.5, 0.6) is 5.75 Å². The first-order valence-electron chi connectivity index (χ1n) is 7.33. The number of benzene rings is 1. The summed E-state index contributed by atoms with van der Waals surface area (Å²) in [6, 6.07) is 5.53. The van der Waals surface area contributed by atoms with Crippen LogP contribution in [0.15, 0.2) is 24.3 Å². The summed E-state index contributed by atoms with van der Waals surface area (Å²) in [5.74, 6) is -0.431. The van der Waals surface area contributed by atoms with Gasteiger partial charge >= 0.3 is 6.36 Å². The Morgan fingerprint density at radius 2 is 1.78 bits per heavy atom. The third-order valence-electron chi connectivity index (χ3n) is 4.22. The summed E-state index contributed by atoms with van der Waals surface area (Å²) in [6.45, 7) is 1.67. The molecule has 1 aromatic carbocycles. The predicted molar refractivity (Wildman–Crippen MR) is 80.8 cm³/mol. The number of carbonyl (C=O) groups excluding carboxylic acids is 1. The summed E-state index contributed by atoms with van der Waals surface area (Å²) < 4.78 is 40.3. The molecule has 2 bridgehead atoms. The van der Waals surface area contributed by atoms with Crippen molar-refractivity contribution < 1.29 is 22.7 Å². The van der Waals surface area contributed by atoms with Gasteiger partial charge in [0.2, 0.25) is 0 Å². The van der Waals surface area contributed by atoms with Gasteiger partial charge in [-0.25, -0.2) is 0 Å². The van der Waals surface area contributed by atoms with E-state index in [0.29, 0.717) is 5.56 Å².